The van der Waals surface area contributed by atoms with Crippen molar-refractivity contribution >= 4 is 11.7 Å². The molecule has 1 fully saturated rings. The fraction of sp³-hybridized carbons (Fsp3) is 0.588. The van der Waals surface area contributed by atoms with Crippen LogP contribution >= 0.6 is 0 Å². The molecule has 0 saturated heterocycles. The summed E-state index contributed by atoms with van der Waals surface area (Å²) in [6.45, 7) is 7.59. The second kappa shape index (κ2) is 6.37. The zero-order valence-electron chi connectivity index (χ0n) is 13.4. The SMILES string of the molecule is CC[C@@H]1C[C@@H](CNC(=O)Nc2ccc(OC)cc2)C1(C)C. The molecule has 2 N–H and O–H groups in total. The van der Waals surface area contributed by atoms with Gasteiger partial charge in [0.05, 0.1) is 7.11 Å². The van der Waals surface area contributed by atoms with Crippen molar-refractivity contribution in [2.45, 2.75) is 33.6 Å². The Bertz CT molecular complexity index is 482. The van der Waals surface area contributed by atoms with Gasteiger partial charge in [0, 0.05) is 12.2 Å². The minimum Gasteiger partial charge on any atom is -0.497 e. The molecule has 1 saturated carbocycles. The van der Waals surface area contributed by atoms with Crippen LogP contribution in [0.5, 0.6) is 5.75 Å². The van der Waals surface area contributed by atoms with Crippen LogP contribution in [0.4, 0.5) is 10.5 Å². The lowest BCUT2D eigenvalue weighted by Crippen LogP contribution is -2.50. The van der Waals surface area contributed by atoms with Gasteiger partial charge in [0.2, 0.25) is 0 Å². The Morgan fingerprint density at radius 2 is 1.95 bits per heavy atom. The van der Waals surface area contributed by atoms with Gasteiger partial charge in [-0.25, -0.2) is 4.79 Å². The molecule has 1 aliphatic rings. The van der Waals surface area contributed by atoms with Gasteiger partial charge in [0.15, 0.2) is 0 Å². The molecule has 1 aliphatic carbocycles. The molecule has 116 valence electrons. The van der Waals surface area contributed by atoms with E-state index in [0.29, 0.717) is 11.3 Å². The molecular formula is C17H26N2O2. The topological polar surface area (TPSA) is 50.4 Å². The van der Waals surface area contributed by atoms with Crippen LogP contribution in [0.1, 0.15) is 33.6 Å². The van der Waals surface area contributed by atoms with Crippen molar-refractivity contribution in [3.8, 4) is 5.75 Å². The number of hydrogen-bond acceptors (Lipinski definition) is 2. The van der Waals surface area contributed by atoms with Crippen molar-refractivity contribution in [1.82, 2.24) is 5.32 Å². The average molecular weight is 290 g/mol. The van der Waals surface area contributed by atoms with Gasteiger partial charge < -0.3 is 15.4 Å². The number of benzene rings is 1. The Morgan fingerprint density at radius 1 is 1.29 bits per heavy atom. The highest BCUT2D eigenvalue weighted by Crippen LogP contribution is 2.52. The average Bonchev–Trinajstić information content (AvgIpc) is 2.47. The van der Waals surface area contributed by atoms with Crippen LogP contribution in [0.15, 0.2) is 24.3 Å². The van der Waals surface area contributed by atoms with E-state index in [4.69, 9.17) is 4.74 Å². The molecular weight excluding hydrogens is 264 g/mol. The molecule has 0 aromatic heterocycles. The minimum absolute atomic E-state index is 0.143. The molecule has 2 atom stereocenters. The van der Waals surface area contributed by atoms with Crippen molar-refractivity contribution < 1.29 is 9.53 Å². The van der Waals surface area contributed by atoms with Crippen molar-refractivity contribution in [1.29, 1.82) is 0 Å². The molecule has 0 heterocycles. The third-order valence-electron chi connectivity index (χ3n) is 5.02. The minimum atomic E-state index is -0.143. The molecule has 0 unspecified atom stereocenters. The van der Waals surface area contributed by atoms with Crippen molar-refractivity contribution in [2.75, 3.05) is 19.0 Å². The summed E-state index contributed by atoms with van der Waals surface area (Å²) >= 11 is 0. The van der Waals surface area contributed by atoms with E-state index in [-0.39, 0.29) is 6.03 Å². The molecule has 1 aromatic carbocycles. The van der Waals surface area contributed by atoms with E-state index in [0.717, 1.165) is 23.9 Å². The zero-order chi connectivity index (χ0) is 15.5. The third-order valence-corrected chi connectivity index (χ3v) is 5.02. The zero-order valence-corrected chi connectivity index (χ0v) is 13.4. The van der Waals surface area contributed by atoms with Gasteiger partial charge in [0.25, 0.3) is 0 Å². The number of urea groups is 1. The van der Waals surface area contributed by atoms with Crippen LogP contribution in [-0.4, -0.2) is 19.7 Å². The van der Waals surface area contributed by atoms with Crippen LogP contribution in [0.2, 0.25) is 0 Å². The number of rotatable bonds is 5. The fourth-order valence-corrected chi connectivity index (χ4v) is 3.23. The molecule has 21 heavy (non-hydrogen) atoms. The van der Waals surface area contributed by atoms with E-state index in [2.05, 4.69) is 31.4 Å². The molecule has 0 aliphatic heterocycles. The summed E-state index contributed by atoms with van der Waals surface area (Å²) < 4.78 is 5.09. The van der Waals surface area contributed by atoms with E-state index in [1.54, 1.807) is 7.11 Å². The molecule has 2 rings (SSSR count). The first-order valence-corrected chi connectivity index (χ1v) is 7.66. The fourth-order valence-electron chi connectivity index (χ4n) is 3.23. The maximum absolute atomic E-state index is 11.9. The normalized spacial score (nSPS) is 23.0. The predicted octanol–water partition coefficient (Wildman–Crippen LogP) is 3.89. The summed E-state index contributed by atoms with van der Waals surface area (Å²) in [6.07, 6.45) is 2.44. The monoisotopic (exact) mass is 290 g/mol. The highest BCUT2D eigenvalue weighted by atomic mass is 16.5. The summed E-state index contributed by atoms with van der Waals surface area (Å²) in [7, 11) is 1.62. The van der Waals surface area contributed by atoms with Crippen LogP contribution in [0.3, 0.4) is 0 Å². The van der Waals surface area contributed by atoms with Gasteiger partial charge in [-0.3, -0.25) is 0 Å². The molecule has 4 nitrogen and oxygen atoms in total. The maximum Gasteiger partial charge on any atom is 0.319 e. The number of nitrogens with one attached hydrogen (secondary N) is 2. The summed E-state index contributed by atoms with van der Waals surface area (Å²) in [5, 5.41) is 5.82. The standard InChI is InChI=1S/C17H26N2O2/c1-5-12-10-13(17(12,2)3)11-18-16(20)19-14-6-8-15(21-4)9-7-14/h6-9,12-13H,5,10-11H2,1-4H3,(H2,18,19,20)/t12-,13+/m1/s1. The lowest BCUT2D eigenvalue weighted by atomic mass is 9.54. The van der Waals surface area contributed by atoms with Gasteiger partial charge in [0.1, 0.15) is 5.75 Å². The highest BCUT2D eigenvalue weighted by Gasteiger charge is 2.46. The maximum atomic E-state index is 11.9. The number of carbonyl (C=O) groups excluding carboxylic acids is 1. The Balaban J connectivity index is 1.77. The molecule has 1 aromatic rings. The first-order chi connectivity index (χ1) is 9.97. The molecule has 0 radical (unpaired) electrons. The van der Waals surface area contributed by atoms with Crippen LogP contribution in [0.25, 0.3) is 0 Å². The largest absolute Gasteiger partial charge is 0.497 e. The number of hydrogen-bond donors (Lipinski definition) is 2. The van der Waals surface area contributed by atoms with Crippen LogP contribution < -0.4 is 15.4 Å². The smallest absolute Gasteiger partial charge is 0.319 e. The Hall–Kier alpha value is -1.71. The highest BCUT2D eigenvalue weighted by molar-refractivity contribution is 5.89. The lowest BCUT2D eigenvalue weighted by molar-refractivity contribution is -0.0193. The molecule has 2 amide bonds. The van der Waals surface area contributed by atoms with E-state index in [1.807, 2.05) is 24.3 Å². The van der Waals surface area contributed by atoms with Crippen molar-refractivity contribution in [3.05, 3.63) is 24.3 Å². The van der Waals surface area contributed by atoms with Crippen molar-refractivity contribution in [2.24, 2.45) is 17.3 Å². The lowest BCUT2D eigenvalue weighted by Gasteiger charge is -2.52. The summed E-state index contributed by atoms with van der Waals surface area (Å²) in [5.74, 6) is 2.14. The second-order valence-electron chi connectivity index (χ2n) is 6.42. The number of amides is 2. The quantitative estimate of drug-likeness (QED) is 0.864. The van der Waals surface area contributed by atoms with Gasteiger partial charge in [-0.1, -0.05) is 27.2 Å². The Kier molecular flexibility index (Phi) is 4.76. The van der Waals surface area contributed by atoms with Gasteiger partial charge in [-0.15, -0.1) is 0 Å². The number of ether oxygens (including phenoxy) is 1. The number of carbonyl (C=O) groups is 1. The van der Waals surface area contributed by atoms with Gasteiger partial charge in [-0.05, 0) is 47.9 Å². The number of methoxy groups -OCH3 is 1. The van der Waals surface area contributed by atoms with E-state index in [9.17, 15) is 4.79 Å². The molecule has 0 spiro atoms. The number of anilines is 1. The Labute approximate surface area is 127 Å². The Morgan fingerprint density at radius 3 is 2.48 bits per heavy atom. The van der Waals surface area contributed by atoms with E-state index in [1.165, 1.54) is 12.8 Å². The van der Waals surface area contributed by atoms with Crippen molar-refractivity contribution in [3.63, 3.8) is 0 Å². The van der Waals surface area contributed by atoms with E-state index < -0.39 is 0 Å². The van der Waals surface area contributed by atoms with Gasteiger partial charge in [-0.2, -0.15) is 0 Å². The summed E-state index contributed by atoms with van der Waals surface area (Å²) in [6, 6.07) is 7.18. The van der Waals surface area contributed by atoms with E-state index >= 15 is 0 Å². The first-order valence-electron chi connectivity index (χ1n) is 7.66. The summed E-state index contributed by atoms with van der Waals surface area (Å²) in [5.41, 5.74) is 1.11. The molecule has 0 bridgehead atoms. The summed E-state index contributed by atoms with van der Waals surface area (Å²) in [4.78, 5) is 11.9. The van der Waals surface area contributed by atoms with Crippen LogP contribution in [-0.2, 0) is 0 Å². The van der Waals surface area contributed by atoms with Crippen LogP contribution in [0, 0.1) is 17.3 Å². The first kappa shape index (κ1) is 15.7. The molecule has 4 heteroatoms. The third kappa shape index (κ3) is 3.49. The van der Waals surface area contributed by atoms with Gasteiger partial charge >= 0.3 is 6.03 Å². The second-order valence-corrected chi connectivity index (χ2v) is 6.42. The predicted molar refractivity (Wildman–Crippen MR) is 85.7 cm³/mol.